The second-order valence-electron chi connectivity index (χ2n) is 6.13. The fourth-order valence-electron chi connectivity index (χ4n) is 3.04. The zero-order valence-electron chi connectivity index (χ0n) is 14.4. The van der Waals surface area contributed by atoms with Crippen molar-refractivity contribution in [2.45, 2.75) is 18.9 Å². The van der Waals surface area contributed by atoms with Gasteiger partial charge in [-0.15, -0.1) is 0 Å². The van der Waals surface area contributed by atoms with Crippen LogP contribution in [0.15, 0.2) is 18.2 Å². The van der Waals surface area contributed by atoms with Gasteiger partial charge in [0.05, 0.1) is 24.0 Å². The van der Waals surface area contributed by atoms with Crippen molar-refractivity contribution in [3.63, 3.8) is 0 Å². The van der Waals surface area contributed by atoms with E-state index in [4.69, 9.17) is 0 Å². The Kier molecular flexibility index (Phi) is 4.98. The number of nitrogens with zero attached hydrogens (tertiary/aromatic N) is 1. The molecule has 0 aromatic heterocycles. The lowest BCUT2D eigenvalue weighted by atomic mass is 10.0. The van der Waals surface area contributed by atoms with Gasteiger partial charge in [0.1, 0.15) is 6.04 Å². The minimum absolute atomic E-state index is 0.0394. The van der Waals surface area contributed by atoms with Crippen molar-refractivity contribution in [2.75, 3.05) is 24.7 Å². The molecule has 2 N–H and O–H groups in total. The average molecular weight is 395 g/mol. The SMILES string of the molecule is CS(=O)(=O)OCCNc1cccc2c1C(=O)N(C1CCC(=O)NC1=O)C2=O. The van der Waals surface area contributed by atoms with Crippen molar-refractivity contribution in [3.05, 3.63) is 29.3 Å². The number of piperidine rings is 1. The molecule has 3 rings (SSSR count). The lowest BCUT2D eigenvalue weighted by Gasteiger charge is -2.27. The van der Waals surface area contributed by atoms with E-state index in [0.717, 1.165) is 11.2 Å². The van der Waals surface area contributed by atoms with Crippen LogP contribution >= 0.6 is 0 Å². The Morgan fingerprint density at radius 1 is 1.22 bits per heavy atom. The summed E-state index contributed by atoms with van der Waals surface area (Å²) in [4.78, 5) is 49.7. The third kappa shape index (κ3) is 3.83. The van der Waals surface area contributed by atoms with Crippen molar-refractivity contribution in [3.8, 4) is 0 Å². The zero-order chi connectivity index (χ0) is 19.8. The van der Waals surface area contributed by atoms with Crippen molar-refractivity contribution >= 4 is 39.4 Å². The minimum atomic E-state index is -3.58. The minimum Gasteiger partial charge on any atom is -0.382 e. The van der Waals surface area contributed by atoms with E-state index in [2.05, 4.69) is 14.8 Å². The number of imide groups is 2. The number of hydrogen-bond acceptors (Lipinski definition) is 8. The molecule has 10 nitrogen and oxygen atoms in total. The number of carbonyl (C=O) groups is 4. The van der Waals surface area contributed by atoms with Crippen LogP contribution in [0.3, 0.4) is 0 Å². The summed E-state index contributed by atoms with van der Waals surface area (Å²) in [5, 5.41) is 5.00. The monoisotopic (exact) mass is 395 g/mol. The molecule has 144 valence electrons. The Morgan fingerprint density at radius 2 is 1.96 bits per heavy atom. The van der Waals surface area contributed by atoms with Gasteiger partial charge >= 0.3 is 0 Å². The summed E-state index contributed by atoms with van der Waals surface area (Å²) >= 11 is 0. The molecule has 0 aliphatic carbocycles. The number of amides is 4. The summed E-state index contributed by atoms with van der Waals surface area (Å²) in [5.74, 6) is -2.38. The molecule has 1 saturated heterocycles. The maximum Gasteiger partial charge on any atom is 0.264 e. The molecule has 4 amide bonds. The van der Waals surface area contributed by atoms with Gasteiger partial charge in [-0.3, -0.25) is 33.6 Å². The van der Waals surface area contributed by atoms with Gasteiger partial charge in [-0.05, 0) is 18.6 Å². The van der Waals surface area contributed by atoms with E-state index >= 15 is 0 Å². The zero-order valence-corrected chi connectivity index (χ0v) is 15.2. The summed E-state index contributed by atoms with van der Waals surface area (Å²) in [7, 11) is -3.58. The molecule has 1 fully saturated rings. The van der Waals surface area contributed by atoms with Gasteiger partial charge < -0.3 is 5.32 Å². The Balaban J connectivity index is 1.80. The van der Waals surface area contributed by atoms with Crippen LogP contribution in [0.5, 0.6) is 0 Å². The van der Waals surface area contributed by atoms with E-state index in [9.17, 15) is 27.6 Å². The second-order valence-corrected chi connectivity index (χ2v) is 7.77. The molecule has 0 spiro atoms. The van der Waals surface area contributed by atoms with Crippen LogP contribution in [0.25, 0.3) is 0 Å². The molecule has 2 aliphatic rings. The van der Waals surface area contributed by atoms with Crippen molar-refractivity contribution < 1.29 is 31.8 Å². The van der Waals surface area contributed by atoms with Gasteiger partial charge in [0.2, 0.25) is 11.8 Å². The Morgan fingerprint density at radius 3 is 2.63 bits per heavy atom. The van der Waals surface area contributed by atoms with Crippen LogP contribution in [0.4, 0.5) is 5.69 Å². The predicted molar refractivity (Wildman–Crippen MR) is 92.4 cm³/mol. The van der Waals surface area contributed by atoms with E-state index in [0.29, 0.717) is 5.69 Å². The summed E-state index contributed by atoms with van der Waals surface area (Å²) in [6.45, 7) is -0.0646. The molecular formula is C16H17N3O7S. The molecule has 0 bridgehead atoms. The first-order chi connectivity index (χ1) is 12.7. The number of nitrogens with one attached hydrogen (secondary N) is 2. The predicted octanol–water partition coefficient (Wildman–Crippen LogP) is -0.524. The van der Waals surface area contributed by atoms with Gasteiger partial charge in [-0.25, -0.2) is 0 Å². The van der Waals surface area contributed by atoms with E-state index in [1.54, 1.807) is 12.1 Å². The van der Waals surface area contributed by atoms with Gasteiger partial charge in [0.15, 0.2) is 0 Å². The largest absolute Gasteiger partial charge is 0.382 e. The quantitative estimate of drug-likeness (QED) is 0.372. The van der Waals surface area contributed by atoms with Crippen LogP contribution in [0, 0.1) is 0 Å². The highest BCUT2D eigenvalue weighted by atomic mass is 32.2. The molecule has 1 aromatic rings. The van der Waals surface area contributed by atoms with Crippen molar-refractivity contribution in [2.24, 2.45) is 0 Å². The standard InChI is InChI=1S/C16H17N3O7S/c1-27(24,25)26-8-7-17-10-4-2-3-9-13(10)16(23)19(15(9)22)11-5-6-12(20)18-14(11)21/h2-4,11,17H,5-8H2,1H3,(H,18,20,21). The van der Waals surface area contributed by atoms with Gasteiger partial charge in [0, 0.05) is 18.7 Å². The fourth-order valence-corrected chi connectivity index (χ4v) is 3.43. The summed E-state index contributed by atoms with van der Waals surface area (Å²) < 4.78 is 26.6. The number of benzene rings is 1. The Labute approximate surface area is 155 Å². The number of fused-ring (bicyclic) bond motifs is 1. The summed E-state index contributed by atoms with van der Waals surface area (Å²) in [6, 6.07) is 3.56. The molecule has 0 radical (unpaired) electrons. The van der Waals surface area contributed by atoms with Crippen LogP contribution in [0.1, 0.15) is 33.6 Å². The first kappa shape index (κ1) is 19.0. The Hall–Kier alpha value is -2.79. The molecule has 0 saturated carbocycles. The number of anilines is 1. The normalized spacial score (nSPS) is 19.9. The number of hydrogen-bond donors (Lipinski definition) is 2. The lowest BCUT2D eigenvalue weighted by molar-refractivity contribution is -0.136. The molecular weight excluding hydrogens is 378 g/mol. The smallest absolute Gasteiger partial charge is 0.264 e. The fraction of sp³-hybridized carbons (Fsp3) is 0.375. The van der Waals surface area contributed by atoms with E-state index in [-0.39, 0.29) is 37.1 Å². The molecule has 1 atom stereocenters. The highest BCUT2D eigenvalue weighted by Gasteiger charge is 2.45. The number of carbonyl (C=O) groups excluding carboxylic acids is 4. The number of rotatable bonds is 6. The first-order valence-electron chi connectivity index (χ1n) is 8.12. The average Bonchev–Trinajstić information content (AvgIpc) is 2.83. The summed E-state index contributed by atoms with van der Waals surface area (Å²) in [5.41, 5.74) is 0.572. The van der Waals surface area contributed by atoms with Crippen LogP contribution < -0.4 is 10.6 Å². The van der Waals surface area contributed by atoms with Crippen molar-refractivity contribution in [1.29, 1.82) is 0 Å². The van der Waals surface area contributed by atoms with Gasteiger partial charge in [0.25, 0.3) is 21.9 Å². The molecule has 2 heterocycles. The van der Waals surface area contributed by atoms with Crippen LogP contribution in [-0.2, 0) is 23.9 Å². The van der Waals surface area contributed by atoms with E-state index in [1.165, 1.54) is 6.07 Å². The van der Waals surface area contributed by atoms with Gasteiger partial charge in [-0.2, -0.15) is 8.42 Å². The third-order valence-corrected chi connectivity index (χ3v) is 4.78. The maximum absolute atomic E-state index is 12.8. The molecule has 27 heavy (non-hydrogen) atoms. The highest BCUT2D eigenvalue weighted by molar-refractivity contribution is 7.85. The first-order valence-corrected chi connectivity index (χ1v) is 9.93. The Bertz CT molecular complexity index is 941. The maximum atomic E-state index is 12.8. The third-order valence-electron chi connectivity index (χ3n) is 4.18. The molecule has 1 unspecified atom stereocenters. The van der Waals surface area contributed by atoms with Crippen LogP contribution in [0.2, 0.25) is 0 Å². The highest BCUT2D eigenvalue weighted by Crippen LogP contribution is 2.32. The summed E-state index contributed by atoms with van der Waals surface area (Å²) in [6.07, 6.45) is 1.03. The molecule has 2 aliphatic heterocycles. The lowest BCUT2D eigenvalue weighted by Crippen LogP contribution is -2.54. The van der Waals surface area contributed by atoms with Crippen LogP contribution in [-0.4, -0.2) is 62.4 Å². The second kappa shape index (κ2) is 7.08. The van der Waals surface area contributed by atoms with E-state index in [1.807, 2.05) is 0 Å². The van der Waals surface area contributed by atoms with Crippen molar-refractivity contribution in [1.82, 2.24) is 10.2 Å². The topological polar surface area (TPSA) is 139 Å². The molecule has 1 aromatic carbocycles. The molecule has 11 heteroatoms. The van der Waals surface area contributed by atoms with E-state index < -0.39 is 39.8 Å². The van der Waals surface area contributed by atoms with Gasteiger partial charge in [-0.1, -0.05) is 6.07 Å².